The van der Waals surface area contributed by atoms with Crippen LogP contribution in [0.5, 0.6) is 0 Å². The molecule has 78 valence electrons. The second kappa shape index (κ2) is 4.49. The van der Waals surface area contributed by atoms with E-state index in [0.29, 0.717) is 0 Å². The number of nitrogens with zero attached hydrogens (tertiary/aromatic N) is 1. The number of hydrogen-bond acceptors (Lipinski definition) is 3. The van der Waals surface area contributed by atoms with Gasteiger partial charge in [-0.2, -0.15) is 0 Å². The Bertz CT molecular complexity index is 400. The monoisotopic (exact) mass is 220 g/mol. The summed E-state index contributed by atoms with van der Waals surface area (Å²) < 4.78 is 0. The summed E-state index contributed by atoms with van der Waals surface area (Å²) in [5, 5.41) is 2.83. The Labute approximate surface area is 93.0 Å². The number of anilines is 1. The summed E-state index contributed by atoms with van der Waals surface area (Å²) in [5.41, 5.74) is 1.93. The molecule has 0 saturated heterocycles. The highest BCUT2D eigenvalue weighted by molar-refractivity contribution is 8.04. The third-order valence-corrected chi connectivity index (χ3v) is 3.47. The first-order valence-electron chi connectivity index (χ1n) is 4.81. The van der Waals surface area contributed by atoms with Gasteiger partial charge in [-0.25, -0.2) is 0 Å². The van der Waals surface area contributed by atoms with Crippen LogP contribution in [0.1, 0.15) is 13.3 Å². The molecule has 0 fully saturated rings. The van der Waals surface area contributed by atoms with Gasteiger partial charge in [0.15, 0.2) is 0 Å². The van der Waals surface area contributed by atoms with E-state index in [0.717, 1.165) is 22.8 Å². The van der Waals surface area contributed by atoms with Crippen molar-refractivity contribution in [2.45, 2.75) is 13.3 Å². The molecule has 0 bridgehead atoms. The summed E-state index contributed by atoms with van der Waals surface area (Å²) in [6.45, 7) is 2.01. The molecular formula is C11H12N2OS. The van der Waals surface area contributed by atoms with E-state index in [9.17, 15) is 4.79 Å². The Morgan fingerprint density at radius 3 is 3.07 bits per heavy atom. The molecule has 15 heavy (non-hydrogen) atoms. The van der Waals surface area contributed by atoms with Crippen LogP contribution in [0.3, 0.4) is 0 Å². The van der Waals surface area contributed by atoms with E-state index in [1.807, 2.05) is 13.0 Å². The number of nitrogens with one attached hydrogen (secondary N) is 1. The molecule has 0 aliphatic carbocycles. The third-order valence-electron chi connectivity index (χ3n) is 2.24. The number of thioether (sulfide) groups is 1. The molecule has 3 nitrogen and oxygen atoms in total. The van der Waals surface area contributed by atoms with E-state index < -0.39 is 0 Å². The van der Waals surface area contributed by atoms with Crippen LogP contribution in [0.4, 0.5) is 5.69 Å². The normalized spacial score (nSPS) is 15.5. The van der Waals surface area contributed by atoms with Crippen LogP contribution in [0, 0.1) is 0 Å². The lowest BCUT2D eigenvalue weighted by atomic mass is 10.2. The molecule has 1 aromatic heterocycles. The molecule has 4 heteroatoms. The lowest BCUT2D eigenvalue weighted by Gasteiger charge is -2.05. The summed E-state index contributed by atoms with van der Waals surface area (Å²) >= 11 is 1.62. The van der Waals surface area contributed by atoms with Crippen molar-refractivity contribution in [2.75, 3.05) is 11.1 Å². The molecule has 0 aromatic carbocycles. The Morgan fingerprint density at radius 1 is 1.60 bits per heavy atom. The quantitative estimate of drug-likeness (QED) is 0.832. The number of hydrogen-bond donors (Lipinski definition) is 1. The Balaban J connectivity index is 2.08. The predicted octanol–water partition coefficient (Wildman–Crippen LogP) is 2.43. The average Bonchev–Trinajstić information content (AvgIpc) is 2.66. The molecule has 0 saturated carbocycles. The molecule has 2 rings (SSSR count). The van der Waals surface area contributed by atoms with Crippen LogP contribution in [-0.4, -0.2) is 16.6 Å². The SMILES string of the molecule is CC1=C(C(=O)Nc2cccnc2)SCC1. The maximum absolute atomic E-state index is 11.8. The minimum atomic E-state index is -0.0111. The van der Waals surface area contributed by atoms with Crippen molar-refractivity contribution < 1.29 is 4.79 Å². The smallest absolute Gasteiger partial charge is 0.262 e. The number of amides is 1. The zero-order valence-corrected chi connectivity index (χ0v) is 9.30. The van der Waals surface area contributed by atoms with Gasteiger partial charge in [0.1, 0.15) is 0 Å². The van der Waals surface area contributed by atoms with Crippen LogP contribution >= 0.6 is 11.8 Å². The van der Waals surface area contributed by atoms with Gasteiger partial charge in [0.2, 0.25) is 0 Å². The van der Waals surface area contributed by atoms with Gasteiger partial charge in [0.25, 0.3) is 5.91 Å². The van der Waals surface area contributed by atoms with Gasteiger partial charge in [-0.05, 0) is 25.5 Å². The largest absolute Gasteiger partial charge is 0.320 e. The van der Waals surface area contributed by atoms with E-state index >= 15 is 0 Å². The molecule has 1 aromatic rings. The van der Waals surface area contributed by atoms with Gasteiger partial charge in [-0.15, -0.1) is 11.8 Å². The molecule has 0 spiro atoms. The molecule has 2 heterocycles. The molecule has 1 N–H and O–H groups in total. The zero-order valence-electron chi connectivity index (χ0n) is 8.49. The van der Waals surface area contributed by atoms with Crippen LogP contribution in [-0.2, 0) is 4.79 Å². The zero-order chi connectivity index (χ0) is 10.7. The van der Waals surface area contributed by atoms with Crippen LogP contribution in [0.25, 0.3) is 0 Å². The molecular weight excluding hydrogens is 208 g/mol. The topological polar surface area (TPSA) is 42.0 Å². The van der Waals surface area contributed by atoms with Crippen LogP contribution < -0.4 is 5.32 Å². The summed E-state index contributed by atoms with van der Waals surface area (Å²) in [6, 6.07) is 3.64. The minimum absolute atomic E-state index is 0.0111. The first kappa shape index (κ1) is 10.2. The number of pyridine rings is 1. The number of aromatic nitrogens is 1. The predicted molar refractivity (Wildman–Crippen MR) is 62.6 cm³/mol. The summed E-state index contributed by atoms with van der Waals surface area (Å²) in [7, 11) is 0. The second-order valence-electron chi connectivity index (χ2n) is 3.40. The lowest BCUT2D eigenvalue weighted by Crippen LogP contribution is -2.12. The van der Waals surface area contributed by atoms with Gasteiger partial charge < -0.3 is 5.32 Å². The fraction of sp³-hybridized carbons (Fsp3) is 0.273. The van der Waals surface area contributed by atoms with Crippen molar-refractivity contribution in [3.63, 3.8) is 0 Å². The maximum atomic E-state index is 11.8. The minimum Gasteiger partial charge on any atom is -0.320 e. The fourth-order valence-corrected chi connectivity index (χ4v) is 2.57. The summed E-state index contributed by atoms with van der Waals surface area (Å²) in [6.07, 6.45) is 4.35. The van der Waals surface area contributed by atoms with E-state index in [1.165, 1.54) is 5.57 Å². The average molecular weight is 220 g/mol. The molecule has 1 amide bonds. The Kier molecular flexibility index (Phi) is 3.06. The van der Waals surface area contributed by atoms with Crippen LogP contribution in [0.15, 0.2) is 35.0 Å². The number of rotatable bonds is 2. The van der Waals surface area contributed by atoms with Crippen molar-refractivity contribution in [1.82, 2.24) is 4.98 Å². The van der Waals surface area contributed by atoms with Gasteiger partial charge in [-0.3, -0.25) is 9.78 Å². The van der Waals surface area contributed by atoms with Gasteiger partial charge in [-0.1, -0.05) is 5.57 Å². The maximum Gasteiger partial charge on any atom is 0.262 e. The number of carbonyl (C=O) groups is 1. The summed E-state index contributed by atoms with van der Waals surface area (Å²) in [5.74, 6) is 1.00. The standard InChI is InChI=1S/C11H12N2OS/c1-8-4-6-15-10(8)11(14)13-9-3-2-5-12-7-9/h2-3,5,7H,4,6H2,1H3,(H,13,14). The first-order chi connectivity index (χ1) is 7.27. The van der Waals surface area contributed by atoms with Crippen LogP contribution in [0.2, 0.25) is 0 Å². The van der Waals surface area contributed by atoms with Gasteiger partial charge in [0.05, 0.1) is 16.8 Å². The van der Waals surface area contributed by atoms with Crippen molar-refractivity contribution in [2.24, 2.45) is 0 Å². The first-order valence-corrected chi connectivity index (χ1v) is 5.80. The summed E-state index contributed by atoms with van der Waals surface area (Å²) in [4.78, 5) is 16.6. The lowest BCUT2D eigenvalue weighted by molar-refractivity contribution is -0.112. The molecule has 0 unspecified atom stereocenters. The van der Waals surface area contributed by atoms with E-state index in [-0.39, 0.29) is 5.91 Å². The Hall–Kier alpha value is -1.29. The second-order valence-corrected chi connectivity index (χ2v) is 4.51. The number of carbonyl (C=O) groups excluding carboxylic acids is 1. The highest BCUT2D eigenvalue weighted by atomic mass is 32.2. The van der Waals surface area contributed by atoms with E-state index in [2.05, 4.69) is 10.3 Å². The van der Waals surface area contributed by atoms with E-state index in [4.69, 9.17) is 0 Å². The van der Waals surface area contributed by atoms with Crippen molar-refractivity contribution in [3.8, 4) is 0 Å². The molecule has 1 aliphatic rings. The van der Waals surface area contributed by atoms with Crippen molar-refractivity contribution in [3.05, 3.63) is 35.0 Å². The third kappa shape index (κ3) is 2.39. The van der Waals surface area contributed by atoms with Crippen molar-refractivity contribution >= 4 is 23.4 Å². The highest BCUT2D eigenvalue weighted by Gasteiger charge is 2.18. The Morgan fingerprint density at radius 2 is 2.47 bits per heavy atom. The van der Waals surface area contributed by atoms with Crippen molar-refractivity contribution in [1.29, 1.82) is 0 Å². The van der Waals surface area contributed by atoms with Gasteiger partial charge in [0, 0.05) is 11.9 Å². The fourth-order valence-electron chi connectivity index (χ4n) is 1.43. The van der Waals surface area contributed by atoms with E-state index in [1.54, 1.807) is 30.2 Å². The molecule has 0 atom stereocenters. The molecule has 1 aliphatic heterocycles. The van der Waals surface area contributed by atoms with Gasteiger partial charge >= 0.3 is 0 Å². The molecule has 0 radical (unpaired) electrons. The number of allylic oxidation sites excluding steroid dienone is 1. The highest BCUT2D eigenvalue weighted by Crippen LogP contribution is 2.31.